The van der Waals surface area contributed by atoms with Gasteiger partial charge in [0.2, 0.25) is 0 Å². The number of rotatable bonds is 6. The number of nitrogens with one attached hydrogen (secondary N) is 2. The Hall–Kier alpha value is -4.61. The van der Waals surface area contributed by atoms with E-state index in [2.05, 4.69) is 20.7 Å². The highest BCUT2D eigenvalue weighted by Crippen LogP contribution is 2.33. The maximum Gasteiger partial charge on any atom is 0.419 e. The third-order valence-electron chi connectivity index (χ3n) is 6.55. The highest BCUT2D eigenvalue weighted by atomic mass is 19.4. The highest BCUT2D eigenvalue weighted by molar-refractivity contribution is 5.98. The van der Waals surface area contributed by atoms with Gasteiger partial charge in [-0.2, -0.15) is 18.3 Å². The van der Waals surface area contributed by atoms with E-state index in [1.807, 2.05) is 12.1 Å². The summed E-state index contributed by atoms with van der Waals surface area (Å²) >= 11 is 0. The van der Waals surface area contributed by atoms with Crippen LogP contribution in [0.1, 0.15) is 73.0 Å². The zero-order chi connectivity index (χ0) is 27.9. The number of fused-ring (bicyclic) bond motifs is 2. The number of ketones is 1. The first-order valence-electron chi connectivity index (χ1n) is 11.9. The van der Waals surface area contributed by atoms with Gasteiger partial charge < -0.3 is 10.6 Å². The number of Topliss-reactive ketones (excluding diaryl/α,β-unsaturated/α-hetero) is 1. The van der Waals surface area contributed by atoms with Gasteiger partial charge in [-0.25, -0.2) is 13.9 Å². The third-order valence-corrected chi connectivity index (χ3v) is 6.55. The minimum absolute atomic E-state index is 0.0325. The fourth-order valence-electron chi connectivity index (χ4n) is 4.58. The average Bonchev–Trinajstić information content (AvgIpc) is 3.53. The van der Waals surface area contributed by atoms with Crippen molar-refractivity contribution in [3.05, 3.63) is 99.8 Å². The summed E-state index contributed by atoms with van der Waals surface area (Å²) in [6.45, 7) is 1.17. The van der Waals surface area contributed by atoms with Gasteiger partial charge in [0.1, 0.15) is 17.2 Å². The molecule has 8 nitrogen and oxygen atoms in total. The number of carbonyl (C=O) groups excluding carboxylic acids is 3. The van der Waals surface area contributed by atoms with Crippen LogP contribution in [0.5, 0.6) is 0 Å². The lowest BCUT2D eigenvalue weighted by molar-refractivity contribution is -0.140. The fourth-order valence-corrected chi connectivity index (χ4v) is 4.58. The van der Waals surface area contributed by atoms with Crippen LogP contribution in [-0.2, 0) is 19.1 Å². The van der Waals surface area contributed by atoms with Gasteiger partial charge >= 0.3 is 6.18 Å². The third kappa shape index (κ3) is 5.22. The summed E-state index contributed by atoms with van der Waals surface area (Å²) in [7, 11) is 0. The Morgan fingerprint density at radius 2 is 1.85 bits per heavy atom. The molecule has 2 aromatic carbocycles. The number of carbonyl (C=O) groups is 3. The lowest BCUT2D eigenvalue weighted by Crippen LogP contribution is -2.30. The summed E-state index contributed by atoms with van der Waals surface area (Å²) in [6, 6.07) is 10.2. The van der Waals surface area contributed by atoms with Crippen molar-refractivity contribution in [2.45, 2.75) is 38.5 Å². The number of nitrogens with zero attached hydrogens (tertiary/aromatic N) is 3. The minimum Gasteiger partial charge on any atom is -0.347 e. The van der Waals surface area contributed by atoms with Crippen LogP contribution in [0, 0.1) is 5.82 Å². The van der Waals surface area contributed by atoms with E-state index < -0.39 is 29.4 Å². The van der Waals surface area contributed by atoms with Crippen molar-refractivity contribution in [3.63, 3.8) is 0 Å². The van der Waals surface area contributed by atoms with Gasteiger partial charge in [-0.1, -0.05) is 18.2 Å². The Kier molecular flexibility index (Phi) is 6.62. The summed E-state index contributed by atoms with van der Waals surface area (Å²) in [6.07, 6.45) is -2.16. The molecule has 0 fully saturated rings. The fraction of sp³-hybridized carbons (Fsp3) is 0.222. The Balaban J connectivity index is 1.35. The van der Waals surface area contributed by atoms with Gasteiger partial charge in [-0.15, -0.1) is 0 Å². The average molecular weight is 539 g/mol. The highest BCUT2D eigenvalue weighted by Gasteiger charge is 2.34. The predicted octanol–water partition coefficient (Wildman–Crippen LogP) is 4.44. The van der Waals surface area contributed by atoms with Gasteiger partial charge in [0.15, 0.2) is 11.4 Å². The van der Waals surface area contributed by atoms with E-state index in [0.717, 1.165) is 17.2 Å². The van der Waals surface area contributed by atoms with E-state index >= 15 is 0 Å². The number of halogens is 4. The number of hydrogen-bond donors (Lipinski definition) is 2. The molecule has 39 heavy (non-hydrogen) atoms. The van der Waals surface area contributed by atoms with Crippen LogP contribution in [0.4, 0.5) is 17.6 Å². The summed E-state index contributed by atoms with van der Waals surface area (Å²) < 4.78 is 53.9. The molecule has 1 aliphatic rings. The predicted molar refractivity (Wildman–Crippen MR) is 131 cm³/mol. The van der Waals surface area contributed by atoms with Crippen LogP contribution in [0.15, 0.2) is 54.7 Å². The standard InChI is InChI=1S/C27H21F4N5O3/c1-14(37)16-3-5-18-17(11-16)4-7-21(18)35-26(39)23-12-22(34-24-8-9-33-36(23)24)25(38)32-13-15-2-6-20(28)19(10-15)27(29,30)31/h2-3,5-6,8-12,21H,4,7,13H2,1H3,(H,32,38)(H,35,39)/t21-/m0/s1. The first kappa shape index (κ1) is 26.0. The molecule has 0 aliphatic heterocycles. The number of benzene rings is 2. The van der Waals surface area contributed by atoms with Crippen molar-refractivity contribution >= 4 is 23.2 Å². The molecule has 0 radical (unpaired) electrons. The van der Waals surface area contributed by atoms with Crippen molar-refractivity contribution in [3.8, 4) is 0 Å². The molecule has 12 heteroatoms. The summed E-state index contributed by atoms with van der Waals surface area (Å²) in [5.41, 5.74) is 1.17. The molecule has 0 bridgehead atoms. The van der Waals surface area contributed by atoms with Crippen LogP contribution in [0.25, 0.3) is 5.65 Å². The van der Waals surface area contributed by atoms with E-state index in [-0.39, 0.29) is 41.0 Å². The largest absolute Gasteiger partial charge is 0.419 e. The maximum absolute atomic E-state index is 13.6. The zero-order valence-corrected chi connectivity index (χ0v) is 20.5. The van der Waals surface area contributed by atoms with Crippen LogP contribution < -0.4 is 10.6 Å². The van der Waals surface area contributed by atoms with Crippen molar-refractivity contribution in [1.82, 2.24) is 25.2 Å². The van der Waals surface area contributed by atoms with E-state index in [0.29, 0.717) is 30.5 Å². The number of aryl methyl sites for hydroxylation is 1. The molecule has 2 heterocycles. The molecule has 200 valence electrons. The van der Waals surface area contributed by atoms with Crippen LogP contribution in [0.3, 0.4) is 0 Å². The van der Waals surface area contributed by atoms with E-state index in [1.165, 1.54) is 29.8 Å². The zero-order valence-electron chi connectivity index (χ0n) is 20.5. The van der Waals surface area contributed by atoms with Gasteiger partial charge in [0.05, 0.1) is 17.8 Å². The molecule has 1 atom stereocenters. The van der Waals surface area contributed by atoms with Crippen molar-refractivity contribution < 1.29 is 31.9 Å². The van der Waals surface area contributed by atoms with Crippen LogP contribution >= 0.6 is 0 Å². The quantitative estimate of drug-likeness (QED) is 0.279. The number of hydrogen-bond acceptors (Lipinski definition) is 5. The Labute approximate surface area is 219 Å². The lowest BCUT2D eigenvalue weighted by atomic mass is 10.0. The number of amides is 2. The monoisotopic (exact) mass is 539 g/mol. The second kappa shape index (κ2) is 9.93. The molecule has 0 saturated carbocycles. The molecule has 2 N–H and O–H groups in total. The second-order valence-electron chi connectivity index (χ2n) is 9.16. The van der Waals surface area contributed by atoms with Gasteiger partial charge in [0.25, 0.3) is 11.8 Å². The Bertz CT molecular complexity index is 1630. The molecule has 0 saturated heterocycles. The summed E-state index contributed by atoms with van der Waals surface area (Å²) in [5, 5.41) is 9.51. The molecular formula is C27H21F4N5O3. The van der Waals surface area contributed by atoms with Gasteiger partial charge in [-0.3, -0.25) is 14.4 Å². The Morgan fingerprint density at radius 1 is 1.05 bits per heavy atom. The van der Waals surface area contributed by atoms with Crippen LogP contribution in [-0.4, -0.2) is 32.2 Å². The SMILES string of the molecule is CC(=O)c1ccc2c(c1)CC[C@@H]2NC(=O)c1cc(C(=O)NCc2ccc(F)c(C(F)(F)F)c2)nc2ccnn12. The first-order valence-corrected chi connectivity index (χ1v) is 11.9. The minimum atomic E-state index is -4.88. The van der Waals surface area contributed by atoms with Crippen LogP contribution in [0.2, 0.25) is 0 Å². The molecule has 5 rings (SSSR count). The topological polar surface area (TPSA) is 105 Å². The van der Waals surface area contributed by atoms with E-state index in [9.17, 15) is 31.9 Å². The molecule has 4 aromatic rings. The number of aromatic nitrogens is 3. The normalized spacial score (nSPS) is 14.7. The molecule has 1 aliphatic carbocycles. The molecular weight excluding hydrogens is 518 g/mol. The summed E-state index contributed by atoms with van der Waals surface area (Å²) in [5.74, 6) is -2.71. The molecule has 0 spiro atoms. The molecule has 2 amide bonds. The van der Waals surface area contributed by atoms with Gasteiger partial charge in [-0.05, 0) is 54.7 Å². The summed E-state index contributed by atoms with van der Waals surface area (Å²) in [4.78, 5) is 42.0. The van der Waals surface area contributed by atoms with Crippen molar-refractivity contribution in [1.29, 1.82) is 0 Å². The Morgan fingerprint density at radius 3 is 2.59 bits per heavy atom. The lowest BCUT2D eigenvalue weighted by Gasteiger charge is -2.15. The second-order valence-corrected chi connectivity index (χ2v) is 9.16. The van der Waals surface area contributed by atoms with Crippen molar-refractivity contribution in [2.24, 2.45) is 0 Å². The van der Waals surface area contributed by atoms with Crippen molar-refractivity contribution in [2.75, 3.05) is 0 Å². The first-order chi connectivity index (χ1) is 18.5. The smallest absolute Gasteiger partial charge is 0.347 e. The van der Waals surface area contributed by atoms with Gasteiger partial charge in [0, 0.05) is 24.2 Å². The molecule has 2 aromatic heterocycles. The molecule has 0 unspecified atom stereocenters. The van der Waals surface area contributed by atoms with E-state index in [1.54, 1.807) is 6.07 Å². The number of alkyl halides is 3. The maximum atomic E-state index is 13.6. The van der Waals surface area contributed by atoms with E-state index in [4.69, 9.17) is 0 Å².